The zero-order valence-electron chi connectivity index (χ0n) is 11.2. The van der Waals surface area contributed by atoms with E-state index >= 15 is 0 Å². The molecule has 0 unspecified atom stereocenters. The summed E-state index contributed by atoms with van der Waals surface area (Å²) in [6.45, 7) is 3.65. The van der Waals surface area contributed by atoms with Gasteiger partial charge in [0.25, 0.3) is 0 Å². The fourth-order valence-electron chi connectivity index (χ4n) is 1.92. The molecule has 0 amide bonds. The number of unbranched alkanes of at least 4 members (excludes halogenated alkanes) is 10. The first kappa shape index (κ1) is 16.1. The van der Waals surface area contributed by atoms with Crippen LogP contribution in [0, 0.1) is 0 Å². The molecule has 0 fully saturated rings. The summed E-state index contributed by atoms with van der Waals surface area (Å²) >= 11 is 0. The molecule has 0 atom stereocenters. The Hall–Kier alpha value is -0.850. The Morgan fingerprint density at radius 2 is 1.18 bits per heavy atom. The van der Waals surface area contributed by atoms with E-state index in [9.17, 15) is 4.79 Å². The highest BCUT2D eigenvalue weighted by Crippen LogP contribution is 2.11. The number of hydrogen-bond donors (Lipinski definition) is 0. The van der Waals surface area contributed by atoms with Gasteiger partial charge in [-0.25, -0.2) is 0 Å². The van der Waals surface area contributed by atoms with E-state index in [1.54, 1.807) is 0 Å². The van der Waals surface area contributed by atoms with E-state index < -0.39 is 0 Å². The number of carbonyl (C=O) groups is 1. The quantitative estimate of drug-likeness (QED) is 0.243. The molecule has 0 spiro atoms. The van der Waals surface area contributed by atoms with Crippen molar-refractivity contribution >= 4 is 6.29 Å². The summed E-state index contributed by atoms with van der Waals surface area (Å²) in [5, 5.41) is 0. The van der Waals surface area contributed by atoms with Gasteiger partial charge in [-0.3, -0.25) is 0 Å². The van der Waals surface area contributed by atoms with E-state index in [2.05, 4.69) is 12.7 Å². The van der Waals surface area contributed by atoms with Gasteiger partial charge < -0.3 is 4.79 Å². The second kappa shape index (κ2) is 15.1. The number of hydrogen-bond acceptors (Lipinski definition) is 1. The first-order valence-corrected chi connectivity index (χ1v) is 7.13. The average Bonchev–Trinajstić information content (AvgIpc) is 2.35. The molecular weight excluding hydrogens is 208 g/mol. The smallest absolute Gasteiger partial charge is 0.119 e. The summed E-state index contributed by atoms with van der Waals surface area (Å²) in [7, 11) is 0. The molecule has 17 heavy (non-hydrogen) atoms. The first-order valence-electron chi connectivity index (χ1n) is 7.13. The van der Waals surface area contributed by atoms with Crippen molar-refractivity contribution in [1.82, 2.24) is 0 Å². The van der Waals surface area contributed by atoms with Crippen LogP contribution in [0.3, 0.4) is 0 Å². The Balaban J connectivity index is 2.96. The molecular formula is C16H28O. The largest absolute Gasteiger partial charge is 0.303 e. The van der Waals surface area contributed by atoms with E-state index in [1.165, 1.54) is 57.8 Å². The maximum absolute atomic E-state index is 10.1. The molecule has 0 aliphatic carbocycles. The van der Waals surface area contributed by atoms with Gasteiger partial charge in [0.2, 0.25) is 0 Å². The Morgan fingerprint density at radius 3 is 1.65 bits per heavy atom. The highest BCUT2D eigenvalue weighted by Gasteiger charge is 1.92. The molecule has 0 aromatic rings. The molecule has 0 saturated carbocycles. The SMILES string of the molecule is C=C/C=C/CCCCCCCCCCCC=O. The lowest BCUT2D eigenvalue weighted by atomic mass is 10.1. The van der Waals surface area contributed by atoms with E-state index in [-0.39, 0.29) is 0 Å². The lowest BCUT2D eigenvalue weighted by molar-refractivity contribution is -0.107. The highest BCUT2D eigenvalue weighted by molar-refractivity contribution is 5.48. The molecule has 1 heteroatoms. The van der Waals surface area contributed by atoms with E-state index in [1.807, 2.05) is 12.2 Å². The Bertz CT molecular complexity index is 194. The summed E-state index contributed by atoms with van der Waals surface area (Å²) in [4.78, 5) is 10.1. The normalized spacial score (nSPS) is 10.8. The van der Waals surface area contributed by atoms with Crippen molar-refractivity contribution in [2.45, 2.75) is 70.6 Å². The van der Waals surface area contributed by atoms with Gasteiger partial charge in [0.15, 0.2) is 0 Å². The van der Waals surface area contributed by atoms with Crippen LogP contribution in [0.4, 0.5) is 0 Å². The fraction of sp³-hybridized carbons (Fsp3) is 0.688. The van der Waals surface area contributed by atoms with Gasteiger partial charge in [0, 0.05) is 6.42 Å². The van der Waals surface area contributed by atoms with E-state index in [0.29, 0.717) is 0 Å². The average molecular weight is 236 g/mol. The molecule has 0 radical (unpaired) electrons. The summed E-state index contributed by atoms with van der Waals surface area (Å²) in [5.74, 6) is 0. The van der Waals surface area contributed by atoms with E-state index in [0.717, 1.165) is 19.1 Å². The van der Waals surface area contributed by atoms with Gasteiger partial charge in [-0.2, -0.15) is 0 Å². The topological polar surface area (TPSA) is 17.1 Å². The molecule has 0 saturated heterocycles. The summed E-state index contributed by atoms with van der Waals surface area (Å²) in [6, 6.07) is 0. The van der Waals surface area contributed by atoms with Crippen LogP contribution in [0.1, 0.15) is 70.6 Å². The Kier molecular flexibility index (Phi) is 14.4. The number of rotatable bonds is 13. The standard InChI is InChI=1S/C16H28O/c1-2-3-4-5-6-7-8-9-10-11-12-13-14-15-16-17/h2-4,16H,1,5-15H2/b4-3+. The van der Waals surface area contributed by atoms with Gasteiger partial charge in [-0.1, -0.05) is 69.8 Å². The van der Waals surface area contributed by atoms with E-state index in [4.69, 9.17) is 0 Å². The summed E-state index contributed by atoms with van der Waals surface area (Å²) in [6.07, 6.45) is 20.8. The van der Waals surface area contributed by atoms with Crippen LogP contribution in [0.2, 0.25) is 0 Å². The second-order valence-corrected chi connectivity index (χ2v) is 4.59. The Labute approximate surface area is 107 Å². The van der Waals surface area contributed by atoms with Crippen molar-refractivity contribution in [2.24, 2.45) is 0 Å². The third kappa shape index (κ3) is 15.1. The lowest BCUT2D eigenvalue weighted by Crippen LogP contribution is -1.82. The Morgan fingerprint density at radius 1 is 0.706 bits per heavy atom. The first-order chi connectivity index (χ1) is 8.41. The molecule has 0 bridgehead atoms. The van der Waals surface area contributed by atoms with Crippen molar-refractivity contribution in [3.05, 3.63) is 24.8 Å². The molecule has 98 valence electrons. The van der Waals surface area contributed by atoms with Crippen LogP contribution in [0.25, 0.3) is 0 Å². The minimum absolute atomic E-state index is 0.748. The van der Waals surface area contributed by atoms with Crippen LogP contribution >= 0.6 is 0 Å². The van der Waals surface area contributed by atoms with Gasteiger partial charge >= 0.3 is 0 Å². The van der Waals surface area contributed by atoms with Gasteiger partial charge in [0.1, 0.15) is 6.29 Å². The van der Waals surface area contributed by atoms with Crippen LogP contribution in [0.15, 0.2) is 24.8 Å². The molecule has 0 aromatic carbocycles. The minimum atomic E-state index is 0.748. The van der Waals surface area contributed by atoms with Crippen molar-refractivity contribution in [2.75, 3.05) is 0 Å². The van der Waals surface area contributed by atoms with Gasteiger partial charge in [-0.15, -0.1) is 0 Å². The third-order valence-corrected chi connectivity index (χ3v) is 2.96. The summed E-state index contributed by atoms with van der Waals surface area (Å²) in [5.41, 5.74) is 0. The van der Waals surface area contributed by atoms with Crippen molar-refractivity contribution in [3.63, 3.8) is 0 Å². The molecule has 0 N–H and O–H groups in total. The van der Waals surface area contributed by atoms with Crippen LogP contribution in [-0.2, 0) is 4.79 Å². The maximum Gasteiger partial charge on any atom is 0.119 e. The predicted octanol–water partition coefficient (Wildman–Crippen LogP) is 5.22. The zero-order chi connectivity index (χ0) is 12.6. The van der Waals surface area contributed by atoms with Gasteiger partial charge in [-0.05, 0) is 19.3 Å². The molecule has 0 rings (SSSR count). The van der Waals surface area contributed by atoms with Crippen LogP contribution in [0.5, 0.6) is 0 Å². The van der Waals surface area contributed by atoms with Gasteiger partial charge in [0.05, 0.1) is 0 Å². The monoisotopic (exact) mass is 236 g/mol. The molecule has 1 nitrogen and oxygen atoms in total. The van der Waals surface area contributed by atoms with Crippen LogP contribution < -0.4 is 0 Å². The predicted molar refractivity (Wildman–Crippen MR) is 76.2 cm³/mol. The van der Waals surface area contributed by atoms with Crippen molar-refractivity contribution in [3.8, 4) is 0 Å². The molecule has 0 aliphatic heterocycles. The third-order valence-electron chi connectivity index (χ3n) is 2.96. The van der Waals surface area contributed by atoms with Crippen molar-refractivity contribution < 1.29 is 4.79 Å². The number of aldehydes is 1. The number of carbonyl (C=O) groups excluding carboxylic acids is 1. The number of allylic oxidation sites excluding steroid dienone is 3. The van der Waals surface area contributed by atoms with Crippen LogP contribution in [-0.4, -0.2) is 6.29 Å². The summed E-state index contributed by atoms with van der Waals surface area (Å²) < 4.78 is 0. The maximum atomic E-state index is 10.1. The minimum Gasteiger partial charge on any atom is -0.303 e. The van der Waals surface area contributed by atoms with Crippen molar-refractivity contribution in [1.29, 1.82) is 0 Å². The fourth-order valence-corrected chi connectivity index (χ4v) is 1.92. The lowest BCUT2D eigenvalue weighted by Gasteiger charge is -2.00. The second-order valence-electron chi connectivity index (χ2n) is 4.59. The highest BCUT2D eigenvalue weighted by atomic mass is 16.1. The zero-order valence-corrected chi connectivity index (χ0v) is 11.2. The molecule has 0 heterocycles. The molecule has 0 aliphatic rings. The molecule has 0 aromatic heterocycles.